The Hall–Kier alpha value is -3.19. The smallest absolute Gasteiger partial charge is 0.336 e. The predicted octanol–water partition coefficient (Wildman–Crippen LogP) is 5.67. The molecule has 37 heavy (non-hydrogen) atoms. The van der Waals surface area contributed by atoms with E-state index in [1.807, 2.05) is 50.2 Å². The van der Waals surface area contributed by atoms with Crippen LogP contribution in [-0.4, -0.2) is 44.1 Å². The lowest BCUT2D eigenvalue weighted by molar-refractivity contribution is -0.138. The van der Waals surface area contributed by atoms with E-state index in [1.165, 1.54) is 0 Å². The summed E-state index contributed by atoms with van der Waals surface area (Å²) >= 11 is 1.73. The van der Waals surface area contributed by atoms with Crippen LogP contribution in [-0.2, 0) is 14.3 Å². The summed E-state index contributed by atoms with van der Waals surface area (Å²) in [7, 11) is 3.22. The zero-order valence-corrected chi connectivity index (χ0v) is 23.0. The fourth-order valence-corrected chi connectivity index (χ4v) is 5.74. The molecule has 196 valence electrons. The third-order valence-corrected chi connectivity index (χ3v) is 7.83. The Morgan fingerprint density at radius 2 is 1.81 bits per heavy atom. The molecule has 7 heteroatoms. The highest BCUT2D eigenvalue weighted by molar-refractivity contribution is 7.99. The van der Waals surface area contributed by atoms with Crippen molar-refractivity contribution >= 4 is 23.5 Å². The number of methoxy groups -OCH3 is 2. The van der Waals surface area contributed by atoms with Gasteiger partial charge in [-0.3, -0.25) is 4.79 Å². The molecule has 1 aliphatic carbocycles. The Kier molecular flexibility index (Phi) is 8.64. The van der Waals surface area contributed by atoms with Crippen LogP contribution in [0.3, 0.4) is 0 Å². The highest BCUT2D eigenvalue weighted by Gasteiger charge is 2.41. The second kappa shape index (κ2) is 11.9. The summed E-state index contributed by atoms with van der Waals surface area (Å²) in [5.41, 5.74) is 5.83. The molecule has 0 spiro atoms. The van der Waals surface area contributed by atoms with Crippen LogP contribution in [0.4, 0.5) is 0 Å². The molecule has 0 fully saturated rings. The van der Waals surface area contributed by atoms with Crippen LogP contribution in [0.2, 0.25) is 0 Å². The molecular weight excluding hydrogens is 486 g/mol. The summed E-state index contributed by atoms with van der Waals surface area (Å²) in [5, 5.41) is 3.42. The minimum absolute atomic E-state index is 0.0101. The molecule has 2 aromatic carbocycles. The Balaban J connectivity index is 1.71. The van der Waals surface area contributed by atoms with Gasteiger partial charge in [0.2, 0.25) is 0 Å². The minimum atomic E-state index is -0.457. The first-order valence-electron chi connectivity index (χ1n) is 12.6. The summed E-state index contributed by atoms with van der Waals surface area (Å²) in [6.07, 6.45) is 1.01. The lowest BCUT2D eigenvalue weighted by Crippen LogP contribution is -2.36. The van der Waals surface area contributed by atoms with Crippen LogP contribution in [0.25, 0.3) is 0 Å². The molecule has 2 aliphatic rings. The molecule has 4 rings (SSSR count). The number of thioether (sulfide) groups is 1. The van der Waals surface area contributed by atoms with Gasteiger partial charge in [-0.05, 0) is 55.2 Å². The number of aryl methyl sites for hydroxylation is 1. The number of dihydropyridines is 1. The zero-order chi connectivity index (χ0) is 26.5. The van der Waals surface area contributed by atoms with E-state index in [1.54, 1.807) is 26.0 Å². The van der Waals surface area contributed by atoms with Crippen LogP contribution < -0.4 is 14.8 Å². The fraction of sp³-hybridized carbons (Fsp3) is 0.400. The van der Waals surface area contributed by atoms with Crippen LogP contribution in [0.15, 0.2) is 65.0 Å². The number of carbonyl (C=O) groups is 2. The van der Waals surface area contributed by atoms with Gasteiger partial charge in [-0.2, -0.15) is 11.8 Å². The first-order chi connectivity index (χ1) is 17.9. The molecule has 1 aliphatic heterocycles. The van der Waals surface area contributed by atoms with Gasteiger partial charge in [0.25, 0.3) is 0 Å². The lowest BCUT2D eigenvalue weighted by Gasteiger charge is -2.37. The largest absolute Gasteiger partial charge is 0.493 e. The van der Waals surface area contributed by atoms with Gasteiger partial charge >= 0.3 is 5.97 Å². The molecular formula is C30H35NO5S. The van der Waals surface area contributed by atoms with E-state index >= 15 is 0 Å². The number of carbonyl (C=O) groups excluding carboxylic acids is 2. The van der Waals surface area contributed by atoms with Gasteiger partial charge in [-0.25, -0.2) is 4.79 Å². The Morgan fingerprint density at radius 1 is 1.03 bits per heavy atom. The van der Waals surface area contributed by atoms with Crippen molar-refractivity contribution in [1.29, 1.82) is 0 Å². The zero-order valence-electron chi connectivity index (χ0n) is 22.2. The maximum Gasteiger partial charge on any atom is 0.336 e. The highest BCUT2D eigenvalue weighted by atomic mass is 32.2. The Labute approximate surface area is 223 Å². The normalized spacial score (nSPS) is 19.3. The summed E-state index contributed by atoms with van der Waals surface area (Å²) < 4.78 is 16.5. The van der Waals surface area contributed by atoms with Crippen molar-refractivity contribution in [1.82, 2.24) is 5.32 Å². The molecule has 2 atom stereocenters. The third-order valence-electron chi connectivity index (χ3n) is 6.97. The number of ketones is 1. The average molecular weight is 522 g/mol. The van der Waals surface area contributed by atoms with E-state index in [2.05, 4.69) is 18.3 Å². The topological polar surface area (TPSA) is 73.9 Å². The number of esters is 1. The molecule has 0 unspecified atom stereocenters. The van der Waals surface area contributed by atoms with Gasteiger partial charge in [0, 0.05) is 35.1 Å². The number of nitrogens with one attached hydrogen (secondary N) is 1. The van der Waals surface area contributed by atoms with Crippen LogP contribution >= 0.6 is 11.8 Å². The van der Waals surface area contributed by atoms with Crippen LogP contribution in [0.5, 0.6) is 11.5 Å². The molecule has 0 aromatic heterocycles. The number of allylic oxidation sites excluding steroid dienone is 3. The molecule has 0 saturated heterocycles. The van der Waals surface area contributed by atoms with Crippen molar-refractivity contribution in [3.05, 3.63) is 81.7 Å². The first kappa shape index (κ1) is 26.9. The Bertz CT molecular complexity index is 1250. The molecule has 6 nitrogen and oxygen atoms in total. The predicted molar refractivity (Wildman–Crippen MR) is 147 cm³/mol. The lowest BCUT2D eigenvalue weighted by atomic mass is 9.71. The number of hydrogen-bond acceptors (Lipinski definition) is 7. The molecule has 0 saturated carbocycles. The van der Waals surface area contributed by atoms with E-state index in [4.69, 9.17) is 14.2 Å². The molecule has 1 heterocycles. The van der Waals surface area contributed by atoms with Crippen molar-refractivity contribution in [3.8, 4) is 11.5 Å². The highest BCUT2D eigenvalue weighted by Crippen LogP contribution is 2.46. The van der Waals surface area contributed by atoms with Gasteiger partial charge in [-0.1, -0.05) is 42.8 Å². The number of benzene rings is 2. The monoisotopic (exact) mass is 521 g/mol. The standard InChI is InChI=1S/C30H35NO5S/c1-6-37-13-12-36-30(33)27-19(3)31-23-15-22(20-10-11-25(34-4)26(17-20)35-5)16-24(32)29(23)28(27)21-9-7-8-18(2)14-21/h7-11,14,17,22,28,31H,6,12-13,15-16H2,1-5H3/t22-,28+/m0/s1. The van der Waals surface area contributed by atoms with E-state index in [0.29, 0.717) is 42.1 Å². The number of rotatable bonds is 9. The maximum absolute atomic E-state index is 13.8. The van der Waals surface area contributed by atoms with Gasteiger partial charge in [-0.15, -0.1) is 0 Å². The molecule has 0 bridgehead atoms. The van der Waals surface area contributed by atoms with Crippen LogP contribution in [0.1, 0.15) is 55.2 Å². The number of hydrogen-bond donors (Lipinski definition) is 1. The Morgan fingerprint density at radius 3 is 2.51 bits per heavy atom. The van der Waals surface area contributed by atoms with Crippen LogP contribution in [0, 0.1) is 6.92 Å². The van der Waals surface area contributed by atoms with Crippen molar-refractivity contribution in [2.75, 3.05) is 32.3 Å². The average Bonchev–Trinajstić information content (AvgIpc) is 2.89. The maximum atomic E-state index is 13.8. The first-order valence-corrected chi connectivity index (χ1v) is 13.8. The summed E-state index contributed by atoms with van der Waals surface area (Å²) in [4.78, 5) is 27.1. The number of ether oxygens (including phenoxy) is 3. The third kappa shape index (κ3) is 5.72. The summed E-state index contributed by atoms with van der Waals surface area (Å²) in [6, 6.07) is 13.9. The van der Waals surface area contributed by atoms with Gasteiger partial charge in [0.1, 0.15) is 6.61 Å². The molecule has 2 aromatic rings. The minimum Gasteiger partial charge on any atom is -0.493 e. The van der Waals surface area contributed by atoms with Crippen molar-refractivity contribution in [3.63, 3.8) is 0 Å². The molecule has 1 N–H and O–H groups in total. The molecule has 0 radical (unpaired) electrons. The second-order valence-electron chi connectivity index (χ2n) is 9.38. The van der Waals surface area contributed by atoms with Crippen molar-refractivity contribution < 1.29 is 23.8 Å². The van der Waals surface area contributed by atoms with Gasteiger partial charge in [0.05, 0.1) is 19.8 Å². The SMILES string of the molecule is CCSCCOC(=O)C1=C(C)NC2=C(C(=O)C[C@@H](c3ccc(OC)c(OC)c3)C2)[C@@H]1c1cccc(C)c1. The van der Waals surface area contributed by atoms with E-state index < -0.39 is 5.92 Å². The summed E-state index contributed by atoms with van der Waals surface area (Å²) in [5.74, 6) is 2.22. The number of Topliss-reactive ketones (excluding diaryl/α,β-unsaturated/α-hetero) is 1. The molecule has 0 amide bonds. The van der Waals surface area contributed by atoms with E-state index in [9.17, 15) is 9.59 Å². The second-order valence-corrected chi connectivity index (χ2v) is 10.8. The van der Waals surface area contributed by atoms with Gasteiger partial charge < -0.3 is 19.5 Å². The van der Waals surface area contributed by atoms with E-state index in [0.717, 1.165) is 39.6 Å². The fourth-order valence-electron chi connectivity index (χ4n) is 5.25. The quantitative estimate of drug-likeness (QED) is 0.337. The van der Waals surface area contributed by atoms with Crippen molar-refractivity contribution in [2.45, 2.75) is 45.4 Å². The summed E-state index contributed by atoms with van der Waals surface area (Å²) in [6.45, 7) is 6.34. The van der Waals surface area contributed by atoms with Crippen molar-refractivity contribution in [2.24, 2.45) is 0 Å². The van der Waals surface area contributed by atoms with E-state index in [-0.39, 0.29) is 17.7 Å². The van der Waals surface area contributed by atoms with Gasteiger partial charge in [0.15, 0.2) is 17.3 Å².